The van der Waals surface area contributed by atoms with Crippen LogP contribution < -0.4 is 10.6 Å². The maximum Gasteiger partial charge on any atom is 0.191 e. The van der Waals surface area contributed by atoms with Crippen LogP contribution >= 0.6 is 0 Å². The highest BCUT2D eigenvalue weighted by molar-refractivity contribution is 5.79. The SMILES string of the molecule is CCNC(=NCC(C)(C)c1ccc(CC)cc1)NCC1CCN(C)C1. The molecule has 0 aliphatic carbocycles. The van der Waals surface area contributed by atoms with Crippen LogP contribution in [0.3, 0.4) is 0 Å². The molecule has 0 saturated carbocycles. The van der Waals surface area contributed by atoms with E-state index in [1.807, 2.05) is 0 Å². The lowest BCUT2D eigenvalue weighted by molar-refractivity contribution is 0.393. The Labute approximate surface area is 154 Å². The summed E-state index contributed by atoms with van der Waals surface area (Å²) in [5.74, 6) is 1.67. The van der Waals surface area contributed by atoms with Crippen LogP contribution in [0.25, 0.3) is 0 Å². The van der Waals surface area contributed by atoms with E-state index in [-0.39, 0.29) is 5.41 Å². The molecule has 0 aromatic heterocycles. The first-order valence-electron chi connectivity index (χ1n) is 9.74. The van der Waals surface area contributed by atoms with E-state index in [0.29, 0.717) is 0 Å². The summed E-state index contributed by atoms with van der Waals surface area (Å²) in [5.41, 5.74) is 2.77. The van der Waals surface area contributed by atoms with E-state index in [2.05, 4.69) is 74.5 Å². The van der Waals surface area contributed by atoms with E-state index in [4.69, 9.17) is 4.99 Å². The maximum atomic E-state index is 4.86. The summed E-state index contributed by atoms with van der Waals surface area (Å²) in [6.45, 7) is 13.9. The molecular formula is C21H36N4. The van der Waals surface area contributed by atoms with E-state index in [1.54, 1.807) is 0 Å². The Morgan fingerprint density at radius 2 is 1.92 bits per heavy atom. The Hall–Kier alpha value is -1.55. The highest BCUT2D eigenvalue weighted by atomic mass is 15.2. The standard InChI is InChI=1S/C21H36N4/c1-6-17-8-10-19(11-9-17)21(3,4)16-24-20(22-7-2)23-14-18-12-13-25(5)15-18/h8-11,18H,6-7,12-16H2,1-5H3,(H2,22,23,24). The molecule has 2 rings (SSSR count). The molecule has 4 nitrogen and oxygen atoms in total. The number of nitrogens with one attached hydrogen (secondary N) is 2. The van der Waals surface area contributed by atoms with Crippen molar-refractivity contribution in [2.45, 2.75) is 46.0 Å². The normalized spacial score (nSPS) is 19.2. The molecule has 1 aliphatic rings. The predicted molar refractivity (Wildman–Crippen MR) is 108 cm³/mol. The number of hydrogen-bond acceptors (Lipinski definition) is 2. The van der Waals surface area contributed by atoms with Crippen molar-refractivity contribution in [3.8, 4) is 0 Å². The largest absolute Gasteiger partial charge is 0.357 e. The minimum Gasteiger partial charge on any atom is -0.357 e. The van der Waals surface area contributed by atoms with Gasteiger partial charge in [-0.3, -0.25) is 4.99 Å². The molecule has 4 heteroatoms. The molecule has 1 saturated heterocycles. The zero-order valence-electron chi connectivity index (χ0n) is 16.7. The van der Waals surface area contributed by atoms with Gasteiger partial charge in [-0.25, -0.2) is 0 Å². The van der Waals surface area contributed by atoms with Crippen molar-refractivity contribution in [2.75, 3.05) is 39.8 Å². The number of guanidine groups is 1. The molecule has 1 atom stereocenters. The van der Waals surface area contributed by atoms with Gasteiger partial charge in [0.15, 0.2) is 5.96 Å². The molecule has 140 valence electrons. The smallest absolute Gasteiger partial charge is 0.191 e. The molecule has 0 bridgehead atoms. The Bertz CT molecular complexity index is 548. The molecule has 1 aromatic rings. The number of benzene rings is 1. The Kier molecular flexibility index (Phi) is 7.30. The highest BCUT2D eigenvalue weighted by Gasteiger charge is 2.21. The lowest BCUT2D eigenvalue weighted by Gasteiger charge is -2.24. The van der Waals surface area contributed by atoms with E-state index in [0.717, 1.165) is 37.9 Å². The number of aryl methyl sites for hydroxylation is 1. The molecular weight excluding hydrogens is 308 g/mol. The lowest BCUT2D eigenvalue weighted by Crippen LogP contribution is -2.41. The van der Waals surface area contributed by atoms with Gasteiger partial charge in [0.1, 0.15) is 0 Å². The summed E-state index contributed by atoms with van der Waals surface area (Å²) < 4.78 is 0. The molecule has 1 unspecified atom stereocenters. The Morgan fingerprint density at radius 1 is 1.20 bits per heavy atom. The van der Waals surface area contributed by atoms with Gasteiger partial charge in [0, 0.05) is 25.0 Å². The zero-order chi connectivity index (χ0) is 18.3. The fraction of sp³-hybridized carbons (Fsp3) is 0.667. The Morgan fingerprint density at radius 3 is 2.48 bits per heavy atom. The first-order valence-corrected chi connectivity index (χ1v) is 9.74. The van der Waals surface area contributed by atoms with Crippen molar-refractivity contribution in [3.05, 3.63) is 35.4 Å². The molecule has 1 aromatic carbocycles. The van der Waals surface area contributed by atoms with Gasteiger partial charge in [-0.15, -0.1) is 0 Å². The second-order valence-electron chi connectivity index (χ2n) is 7.93. The zero-order valence-corrected chi connectivity index (χ0v) is 16.7. The number of nitrogens with zero attached hydrogens (tertiary/aromatic N) is 2. The minimum absolute atomic E-state index is 0.0300. The van der Waals surface area contributed by atoms with Crippen LogP contribution in [0.2, 0.25) is 0 Å². The van der Waals surface area contributed by atoms with Crippen LogP contribution in [0.1, 0.15) is 45.2 Å². The summed E-state index contributed by atoms with van der Waals surface area (Å²) in [4.78, 5) is 7.27. The van der Waals surface area contributed by atoms with Crippen LogP contribution in [-0.2, 0) is 11.8 Å². The van der Waals surface area contributed by atoms with Crippen LogP contribution in [0.5, 0.6) is 0 Å². The minimum atomic E-state index is 0.0300. The third-order valence-corrected chi connectivity index (χ3v) is 5.17. The highest BCUT2D eigenvalue weighted by Crippen LogP contribution is 2.24. The average Bonchev–Trinajstić information content (AvgIpc) is 3.03. The first-order chi connectivity index (χ1) is 11.9. The molecule has 25 heavy (non-hydrogen) atoms. The van der Waals surface area contributed by atoms with Crippen molar-refractivity contribution in [2.24, 2.45) is 10.9 Å². The predicted octanol–water partition coefficient (Wildman–Crippen LogP) is 3.03. The molecule has 0 spiro atoms. The molecule has 1 fully saturated rings. The van der Waals surface area contributed by atoms with Crippen molar-refractivity contribution >= 4 is 5.96 Å². The topological polar surface area (TPSA) is 39.7 Å². The summed E-state index contributed by atoms with van der Waals surface area (Å²) in [5, 5.41) is 6.92. The fourth-order valence-corrected chi connectivity index (χ4v) is 3.34. The first kappa shape index (κ1) is 19.8. The van der Waals surface area contributed by atoms with E-state index in [1.165, 1.54) is 30.6 Å². The van der Waals surface area contributed by atoms with Crippen LogP contribution in [0.4, 0.5) is 0 Å². The number of aliphatic imine (C=N–C) groups is 1. The number of hydrogen-bond donors (Lipinski definition) is 2. The van der Waals surface area contributed by atoms with Crippen molar-refractivity contribution in [3.63, 3.8) is 0 Å². The second-order valence-corrected chi connectivity index (χ2v) is 7.93. The van der Waals surface area contributed by atoms with Crippen molar-refractivity contribution in [1.29, 1.82) is 0 Å². The van der Waals surface area contributed by atoms with Gasteiger partial charge in [0.25, 0.3) is 0 Å². The quantitative estimate of drug-likeness (QED) is 0.590. The summed E-state index contributed by atoms with van der Waals surface area (Å²) in [6, 6.07) is 8.98. The van der Waals surface area contributed by atoms with E-state index < -0.39 is 0 Å². The summed E-state index contributed by atoms with van der Waals surface area (Å²) in [6.07, 6.45) is 2.36. The third kappa shape index (κ3) is 6.03. The van der Waals surface area contributed by atoms with E-state index >= 15 is 0 Å². The van der Waals surface area contributed by atoms with Gasteiger partial charge in [0.05, 0.1) is 6.54 Å². The average molecular weight is 345 g/mol. The van der Waals surface area contributed by atoms with Crippen LogP contribution in [0, 0.1) is 5.92 Å². The van der Waals surface area contributed by atoms with Gasteiger partial charge in [-0.05, 0) is 50.4 Å². The number of likely N-dealkylation sites (tertiary alicyclic amines) is 1. The van der Waals surface area contributed by atoms with Gasteiger partial charge >= 0.3 is 0 Å². The molecule has 0 radical (unpaired) electrons. The lowest BCUT2D eigenvalue weighted by atomic mass is 9.84. The van der Waals surface area contributed by atoms with E-state index in [9.17, 15) is 0 Å². The van der Waals surface area contributed by atoms with Gasteiger partial charge in [-0.2, -0.15) is 0 Å². The fourth-order valence-electron chi connectivity index (χ4n) is 3.34. The van der Waals surface area contributed by atoms with Crippen molar-refractivity contribution in [1.82, 2.24) is 15.5 Å². The molecule has 1 aliphatic heterocycles. The molecule has 1 heterocycles. The summed E-state index contributed by atoms with van der Waals surface area (Å²) >= 11 is 0. The molecule has 0 amide bonds. The van der Waals surface area contributed by atoms with Crippen LogP contribution in [-0.4, -0.2) is 50.6 Å². The maximum absolute atomic E-state index is 4.86. The monoisotopic (exact) mass is 344 g/mol. The second kappa shape index (κ2) is 9.23. The van der Waals surface area contributed by atoms with Crippen LogP contribution in [0.15, 0.2) is 29.3 Å². The van der Waals surface area contributed by atoms with Gasteiger partial charge < -0.3 is 15.5 Å². The van der Waals surface area contributed by atoms with Gasteiger partial charge in [0.2, 0.25) is 0 Å². The van der Waals surface area contributed by atoms with Gasteiger partial charge in [-0.1, -0.05) is 45.0 Å². The third-order valence-electron chi connectivity index (χ3n) is 5.17. The van der Waals surface area contributed by atoms with Crippen molar-refractivity contribution < 1.29 is 0 Å². The molecule has 2 N–H and O–H groups in total. The summed E-state index contributed by atoms with van der Waals surface area (Å²) in [7, 11) is 2.20. The Balaban J connectivity index is 1.95. The number of rotatable bonds is 7.